The van der Waals surface area contributed by atoms with Gasteiger partial charge in [0.25, 0.3) is 0 Å². The van der Waals surface area contributed by atoms with Crippen LogP contribution in [0.25, 0.3) is 0 Å². The Morgan fingerprint density at radius 1 is 1.43 bits per heavy atom. The Bertz CT molecular complexity index is 306. The van der Waals surface area contributed by atoms with Crippen molar-refractivity contribution >= 4 is 17.6 Å². The van der Waals surface area contributed by atoms with Crippen LogP contribution in [-0.2, 0) is 11.2 Å². The lowest BCUT2D eigenvalue weighted by molar-refractivity contribution is -0.311. The molecular formula is C11H12ClO2-. The van der Waals surface area contributed by atoms with Gasteiger partial charge in [0.15, 0.2) is 0 Å². The van der Waals surface area contributed by atoms with Crippen molar-refractivity contribution in [3.63, 3.8) is 0 Å². The molecule has 2 nitrogen and oxygen atoms in total. The fourth-order valence-electron chi connectivity index (χ4n) is 1.30. The average Bonchev–Trinajstić information content (AvgIpc) is 2.16. The van der Waals surface area contributed by atoms with Crippen LogP contribution in [0.1, 0.15) is 18.9 Å². The molecule has 0 aliphatic rings. The molecule has 0 N–H and O–H groups in total. The summed E-state index contributed by atoms with van der Waals surface area (Å²) >= 11 is 5.72. The van der Waals surface area contributed by atoms with Gasteiger partial charge in [-0.3, -0.25) is 0 Å². The van der Waals surface area contributed by atoms with Crippen molar-refractivity contribution in [2.24, 2.45) is 5.92 Å². The molecule has 1 aromatic carbocycles. The predicted octanol–water partition coefficient (Wildman–Crippen LogP) is 1.66. The summed E-state index contributed by atoms with van der Waals surface area (Å²) in [6, 6.07) is 7.21. The van der Waals surface area contributed by atoms with Crippen molar-refractivity contribution in [3.05, 3.63) is 34.9 Å². The van der Waals surface area contributed by atoms with Gasteiger partial charge in [0.2, 0.25) is 0 Å². The number of carboxylic acid groups (broad SMARTS) is 1. The summed E-state index contributed by atoms with van der Waals surface area (Å²) in [4.78, 5) is 10.7. The normalized spacial score (nSPS) is 12.4. The number of rotatable bonds is 4. The van der Waals surface area contributed by atoms with E-state index in [0.29, 0.717) is 17.9 Å². The predicted molar refractivity (Wildman–Crippen MR) is 53.9 cm³/mol. The van der Waals surface area contributed by atoms with E-state index in [4.69, 9.17) is 11.6 Å². The van der Waals surface area contributed by atoms with Gasteiger partial charge >= 0.3 is 0 Å². The van der Waals surface area contributed by atoms with Crippen LogP contribution < -0.4 is 5.11 Å². The molecule has 0 amide bonds. The van der Waals surface area contributed by atoms with E-state index in [9.17, 15) is 9.90 Å². The van der Waals surface area contributed by atoms with Crippen LogP contribution in [0.4, 0.5) is 0 Å². The van der Waals surface area contributed by atoms with E-state index in [2.05, 4.69) is 0 Å². The van der Waals surface area contributed by atoms with Crippen LogP contribution in [-0.4, -0.2) is 5.97 Å². The number of hydrogen-bond acceptors (Lipinski definition) is 2. The lowest BCUT2D eigenvalue weighted by Gasteiger charge is -2.15. The second kappa shape index (κ2) is 5.01. The van der Waals surface area contributed by atoms with Crippen LogP contribution in [0.3, 0.4) is 0 Å². The third kappa shape index (κ3) is 3.04. The van der Waals surface area contributed by atoms with Gasteiger partial charge in [-0.05, 0) is 30.5 Å². The molecule has 0 saturated heterocycles. The van der Waals surface area contributed by atoms with Crippen LogP contribution in [0.2, 0.25) is 5.02 Å². The molecule has 0 radical (unpaired) electrons. The SMILES string of the molecule is CCC(Cc1ccc(Cl)cc1)C(=O)[O-]. The van der Waals surface area contributed by atoms with Crippen molar-refractivity contribution in [1.29, 1.82) is 0 Å². The van der Waals surface area contributed by atoms with E-state index in [0.717, 1.165) is 5.56 Å². The zero-order valence-electron chi connectivity index (χ0n) is 8.00. The monoisotopic (exact) mass is 211 g/mol. The molecule has 14 heavy (non-hydrogen) atoms. The van der Waals surface area contributed by atoms with E-state index in [1.165, 1.54) is 0 Å². The molecule has 0 aliphatic carbocycles. The van der Waals surface area contributed by atoms with Gasteiger partial charge in [-0.1, -0.05) is 30.7 Å². The van der Waals surface area contributed by atoms with Crippen molar-refractivity contribution in [1.82, 2.24) is 0 Å². The quantitative estimate of drug-likeness (QED) is 0.760. The molecule has 0 aromatic heterocycles. The highest BCUT2D eigenvalue weighted by atomic mass is 35.5. The molecule has 1 atom stereocenters. The highest BCUT2D eigenvalue weighted by molar-refractivity contribution is 6.30. The Morgan fingerprint density at radius 2 is 2.00 bits per heavy atom. The highest BCUT2D eigenvalue weighted by Crippen LogP contribution is 2.14. The first-order valence-electron chi connectivity index (χ1n) is 4.58. The van der Waals surface area contributed by atoms with Gasteiger partial charge in [-0.2, -0.15) is 0 Å². The van der Waals surface area contributed by atoms with E-state index >= 15 is 0 Å². The summed E-state index contributed by atoms with van der Waals surface area (Å²) in [7, 11) is 0. The largest absolute Gasteiger partial charge is 0.550 e. The Balaban J connectivity index is 2.67. The minimum Gasteiger partial charge on any atom is -0.550 e. The average molecular weight is 212 g/mol. The first kappa shape index (κ1) is 11.1. The fourth-order valence-corrected chi connectivity index (χ4v) is 1.43. The summed E-state index contributed by atoms with van der Waals surface area (Å²) in [5.41, 5.74) is 0.977. The molecule has 0 saturated carbocycles. The maximum Gasteiger partial charge on any atom is 0.0448 e. The summed E-state index contributed by atoms with van der Waals surface area (Å²) in [6.07, 6.45) is 1.10. The Labute approximate surface area is 88.5 Å². The van der Waals surface area contributed by atoms with Crippen molar-refractivity contribution in [2.45, 2.75) is 19.8 Å². The van der Waals surface area contributed by atoms with E-state index < -0.39 is 11.9 Å². The van der Waals surface area contributed by atoms with Gasteiger partial charge in [0.05, 0.1) is 0 Å². The Kier molecular flexibility index (Phi) is 3.96. The van der Waals surface area contributed by atoms with Gasteiger partial charge in [-0.15, -0.1) is 0 Å². The summed E-state index contributed by atoms with van der Waals surface area (Å²) in [5.74, 6) is -1.39. The standard InChI is InChI=1S/C11H13ClO2/c1-2-9(11(13)14)7-8-3-5-10(12)6-4-8/h3-6,9H,2,7H2,1H3,(H,13,14)/p-1. The first-order valence-corrected chi connectivity index (χ1v) is 4.96. The molecule has 0 spiro atoms. The number of hydrogen-bond donors (Lipinski definition) is 0. The first-order chi connectivity index (χ1) is 6.63. The van der Waals surface area contributed by atoms with Crippen LogP contribution in [0.5, 0.6) is 0 Å². The maximum atomic E-state index is 10.7. The number of benzene rings is 1. The number of aliphatic carboxylic acids is 1. The van der Waals surface area contributed by atoms with Gasteiger partial charge in [0.1, 0.15) is 0 Å². The van der Waals surface area contributed by atoms with Gasteiger partial charge in [-0.25, -0.2) is 0 Å². The van der Waals surface area contributed by atoms with Crippen molar-refractivity contribution in [2.75, 3.05) is 0 Å². The second-order valence-corrected chi connectivity index (χ2v) is 3.69. The van der Waals surface area contributed by atoms with Crippen LogP contribution in [0, 0.1) is 5.92 Å². The molecule has 3 heteroatoms. The Morgan fingerprint density at radius 3 is 2.43 bits per heavy atom. The Hall–Kier alpha value is -1.02. The number of carboxylic acids is 1. The number of halogens is 1. The van der Waals surface area contributed by atoms with Crippen LogP contribution >= 0.6 is 11.6 Å². The van der Waals surface area contributed by atoms with Crippen LogP contribution in [0.15, 0.2) is 24.3 Å². The minimum absolute atomic E-state index is 0.406. The maximum absolute atomic E-state index is 10.7. The lowest BCUT2D eigenvalue weighted by Crippen LogP contribution is -2.32. The van der Waals surface area contributed by atoms with Gasteiger partial charge in [0, 0.05) is 16.9 Å². The minimum atomic E-state index is -0.984. The molecule has 1 aromatic rings. The van der Waals surface area contributed by atoms with Gasteiger partial charge < -0.3 is 9.90 Å². The fraction of sp³-hybridized carbons (Fsp3) is 0.364. The van der Waals surface area contributed by atoms with E-state index in [-0.39, 0.29) is 0 Å². The summed E-state index contributed by atoms with van der Waals surface area (Å²) in [6.45, 7) is 1.84. The number of carbonyl (C=O) groups is 1. The third-order valence-electron chi connectivity index (χ3n) is 2.22. The summed E-state index contributed by atoms with van der Waals surface area (Å²) in [5, 5.41) is 11.3. The highest BCUT2D eigenvalue weighted by Gasteiger charge is 2.07. The molecule has 1 unspecified atom stereocenters. The van der Waals surface area contributed by atoms with Crippen molar-refractivity contribution in [3.8, 4) is 0 Å². The topological polar surface area (TPSA) is 40.1 Å². The molecule has 0 bridgehead atoms. The molecule has 1 rings (SSSR count). The lowest BCUT2D eigenvalue weighted by atomic mass is 9.97. The van der Waals surface area contributed by atoms with Crippen molar-refractivity contribution < 1.29 is 9.90 Å². The molecular weight excluding hydrogens is 200 g/mol. The third-order valence-corrected chi connectivity index (χ3v) is 2.47. The molecule has 76 valence electrons. The summed E-state index contributed by atoms with van der Waals surface area (Å²) < 4.78 is 0. The van der Waals surface area contributed by atoms with E-state index in [1.54, 1.807) is 12.1 Å². The smallest absolute Gasteiger partial charge is 0.0448 e. The molecule has 0 fully saturated rings. The zero-order chi connectivity index (χ0) is 10.6. The molecule has 0 aliphatic heterocycles. The zero-order valence-corrected chi connectivity index (χ0v) is 8.75. The number of carbonyl (C=O) groups excluding carboxylic acids is 1. The molecule has 0 heterocycles. The second-order valence-electron chi connectivity index (χ2n) is 3.25. The van der Waals surface area contributed by atoms with E-state index in [1.807, 2.05) is 19.1 Å².